The van der Waals surface area contributed by atoms with E-state index in [1.807, 2.05) is 25.1 Å². The predicted octanol–water partition coefficient (Wildman–Crippen LogP) is 1.36. The summed E-state index contributed by atoms with van der Waals surface area (Å²) in [6.45, 7) is 1.84. The van der Waals surface area contributed by atoms with Gasteiger partial charge >= 0.3 is 10.3 Å². The van der Waals surface area contributed by atoms with Crippen LogP contribution < -0.4 is 5.14 Å². The number of rotatable bonds is 4. The molecule has 5 heteroatoms. The maximum absolute atomic E-state index is 10.7. The minimum atomic E-state index is -3.88. The molecule has 1 atom stereocenters. The average molecular weight is 215 g/mol. The molecule has 4 nitrogen and oxygen atoms in total. The topological polar surface area (TPSA) is 69.4 Å². The van der Waals surface area contributed by atoms with Gasteiger partial charge in [0, 0.05) is 0 Å². The van der Waals surface area contributed by atoms with E-state index in [0.29, 0.717) is 6.42 Å². The van der Waals surface area contributed by atoms with Crippen LogP contribution in [0.15, 0.2) is 30.3 Å². The summed E-state index contributed by atoms with van der Waals surface area (Å²) in [5, 5.41) is 4.80. The van der Waals surface area contributed by atoms with Crippen molar-refractivity contribution >= 4 is 10.3 Å². The molecule has 78 valence electrons. The van der Waals surface area contributed by atoms with Gasteiger partial charge < -0.3 is 0 Å². The highest BCUT2D eigenvalue weighted by molar-refractivity contribution is 7.84. The summed E-state index contributed by atoms with van der Waals surface area (Å²) in [7, 11) is -3.88. The minimum Gasteiger partial charge on any atom is -0.250 e. The van der Waals surface area contributed by atoms with Crippen LogP contribution in [0.5, 0.6) is 0 Å². The van der Waals surface area contributed by atoms with Gasteiger partial charge in [-0.2, -0.15) is 8.42 Å². The molecule has 0 saturated carbocycles. The quantitative estimate of drug-likeness (QED) is 0.824. The molecular formula is C9H13NO3S. The number of benzene rings is 1. The van der Waals surface area contributed by atoms with E-state index in [2.05, 4.69) is 0 Å². The van der Waals surface area contributed by atoms with E-state index in [-0.39, 0.29) is 0 Å². The molecule has 1 unspecified atom stereocenters. The van der Waals surface area contributed by atoms with E-state index >= 15 is 0 Å². The fourth-order valence-electron chi connectivity index (χ4n) is 1.19. The lowest BCUT2D eigenvalue weighted by Crippen LogP contribution is -2.19. The monoisotopic (exact) mass is 215 g/mol. The molecular weight excluding hydrogens is 202 g/mol. The van der Waals surface area contributed by atoms with Gasteiger partial charge in [0.1, 0.15) is 6.10 Å². The summed E-state index contributed by atoms with van der Waals surface area (Å²) in [6, 6.07) is 9.11. The fraction of sp³-hybridized carbons (Fsp3) is 0.333. The molecule has 0 bridgehead atoms. The Morgan fingerprint density at radius 3 is 2.36 bits per heavy atom. The first-order chi connectivity index (χ1) is 6.53. The smallest absolute Gasteiger partial charge is 0.250 e. The second-order valence-corrected chi connectivity index (χ2v) is 4.07. The van der Waals surface area contributed by atoms with Crippen molar-refractivity contribution in [2.24, 2.45) is 5.14 Å². The molecule has 14 heavy (non-hydrogen) atoms. The third-order valence-electron chi connectivity index (χ3n) is 1.79. The molecule has 1 aromatic carbocycles. The molecule has 1 rings (SSSR count). The van der Waals surface area contributed by atoms with Crippen molar-refractivity contribution in [1.29, 1.82) is 0 Å². The lowest BCUT2D eigenvalue weighted by Gasteiger charge is -2.13. The molecule has 0 aliphatic carbocycles. The van der Waals surface area contributed by atoms with Crippen LogP contribution in [0, 0.1) is 0 Å². The van der Waals surface area contributed by atoms with E-state index in [0.717, 1.165) is 5.56 Å². The zero-order valence-corrected chi connectivity index (χ0v) is 8.70. The van der Waals surface area contributed by atoms with Gasteiger partial charge in [-0.1, -0.05) is 37.3 Å². The first-order valence-corrected chi connectivity index (χ1v) is 5.76. The highest BCUT2D eigenvalue weighted by atomic mass is 32.2. The Bertz CT molecular complexity index is 374. The summed E-state index contributed by atoms with van der Waals surface area (Å²) in [4.78, 5) is 0. The Hall–Kier alpha value is -0.910. The SMILES string of the molecule is CCC(OS(N)(=O)=O)c1ccccc1. The van der Waals surface area contributed by atoms with Crippen molar-refractivity contribution in [3.8, 4) is 0 Å². The van der Waals surface area contributed by atoms with Crippen LogP contribution in [-0.2, 0) is 14.5 Å². The summed E-state index contributed by atoms with van der Waals surface area (Å²) >= 11 is 0. The van der Waals surface area contributed by atoms with Gasteiger partial charge in [0.2, 0.25) is 0 Å². The third kappa shape index (κ3) is 3.45. The molecule has 0 aliphatic heterocycles. The lowest BCUT2D eigenvalue weighted by molar-refractivity contribution is 0.209. The third-order valence-corrected chi connectivity index (χ3v) is 2.29. The van der Waals surface area contributed by atoms with Gasteiger partial charge in [0.15, 0.2) is 0 Å². The Kier molecular flexibility index (Phi) is 3.62. The Morgan fingerprint density at radius 1 is 1.36 bits per heavy atom. The van der Waals surface area contributed by atoms with Gasteiger partial charge in [-0.05, 0) is 12.0 Å². The molecule has 0 amide bonds. The van der Waals surface area contributed by atoms with Crippen molar-refractivity contribution in [3.63, 3.8) is 0 Å². The maximum Gasteiger partial charge on any atom is 0.333 e. The van der Waals surface area contributed by atoms with Crippen molar-refractivity contribution in [3.05, 3.63) is 35.9 Å². The lowest BCUT2D eigenvalue weighted by atomic mass is 10.1. The van der Waals surface area contributed by atoms with Gasteiger partial charge in [0.05, 0.1) is 0 Å². The molecule has 0 heterocycles. The van der Waals surface area contributed by atoms with E-state index in [9.17, 15) is 8.42 Å². The minimum absolute atomic E-state index is 0.494. The normalized spacial score (nSPS) is 13.9. The van der Waals surface area contributed by atoms with E-state index < -0.39 is 16.4 Å². The van der Waals surface area contributed by atoms with E-state index in [4.69, 9.17) is 9.32 Å². The van der Waals surface area contributed by atoms with E-state index in [1.165, 1.54) is 0 Å². The number of hydrogen-bond donors (Lipinski definition) is 1. The zero-order valence-electron chi connectivity index (χ0n) is 7.88. The highest BCUT2D eigenvalue weighted by Crippen LogP contribution is 2.21. The number of nitrogens with two attached hydrogens (primary N) is 1. The Balaban J connectivity index is 2.84. The second-order valence-electron chi connectivity index (χ2n) is 2.90. The molecule has 0 spiro atoms. The second kappa shape index (κ2) is 4.54. The molecule has 1 aromatic rings. The van der Waals surface area contributed by atoms with Crippen molar-refractivity contribution in [1.82, 2.24) is 0 Å². The molecule has 0 aromatic heterocycles. The molecule has 0 fully saturated rings. The number of hydrogen-bond acceptors (Lipinski definition) is 3. The molecule has 0 radical (unpaired) electrons. The Labute approximate surface area is 83.9 Å². The highest BCUT2D eigenvalue weighted by Gasteiger charge is 2.15. The van der Waals surface area contributed by atoms with Crippen molar-refractivity contribution in [2.75, 3.05) is 0 Å². The molecule has 0 aliphatic rings. The van der Waals surface area contributed by atoms with Crippen LogP contribution in [-0.4, -0.2) is 8.42 Å². The largest absolute Gasteiger partial charge is 0.333 e. The average Bonchev–Trinajstić information content (AvgIpc) is 2.14. The van der Waals surface area contributed by atoms with Gasteiger partial charge in [0.25, 0.3) is 0 Å². The van der Waals surface area contributed by atoms with Crippen LogP contribution in [0.1, 0.15) is 25.0 Å². The van der Waals surface area contributed by atoms with Crippen molar-refractivity contribution in [2.45, 2.75) is 19.4 Å². The van der Waals surface area contributed by atoms with Crippen LogP contribution in [0.25, 0.3) is 0 Å². The van der Waals surface area contributed by atoms with Crippen LogP contribution >= 0.6 is 0 Å². The molecule has 0 saturated heterocycles. The Morgan fingerprint density at radius 2 is 1.93 bits per heavy atom. The first kappa shape index (κ1) is 11.2. The zero-order chi connectivity index (χ0) is 10.6. The molecule has 2 N–H and O–H groups in total. The first-order valence-electron chi connectivity index (χ1n) is 4.29. The predicted molar refractivity (Wildman–Crippen MR) is 53.7 cm³/mol. The van der Waals surface area contributed by atoms with Crippen molar-refractivity contribution < 1.29 is 12.6 Å². The summed E-state index contributed by atoms with van der Waals surface area (Å²) in [5.41, 5.74) is 0.809. The maximum atomic E-state index is 10.7. The summed E-state index contributed by atoms with van der Waals surface area (Å²) in [6.07, 6.45) is 0.0617. The summed E-state index contributed by atoms with van der Waals surface area (Å²) in [5.74, 6) is 0. The fourth-order valence-corrected chi connectivity index (χ4v) is 1.76. The van der Waals surface area contributed by atoms with Crippen LogP contribution in [0.4, 0.5) is 0 Å². The van der Waals surface area contributed by atoms with Gasteiger partial charge in [-0.3, -0.25) is 4.18 Å². The summed E-state index contributed by atoms with van der Waals surface area (Å²) < 4.78 is 26.2. The van der Waals surface area contributed by atoms with E-state index in [1.54, 1.807) is 12.1 Å². The van der Waals surface area contributed by atoms with Crippen LogP contribution in [0.3, 0.4) is 0 Å². The van der Waals surface area contributed by atoms with Gasteiger partial charge in [-0.25, -0.2) is 5.14 Å². The van der Waals surface area contributed by atoms with Crippen LogP contribution in [0.2, 0.25) is 0 Å². The standard InChI is InChI=1S/C9H13NO3S/c1-2-9(13-14(10,11)12)8-6-4-3-5-7-8/h3-7,9H,2H2,1H3,(H2,10,11,12). The van der Waals surface area contributed by atoms with Gasteiger partial charge in [-0.15, -0.1) is 0 Å².